The van der Waals surface area contributed by atoms with Gasteiger partial charge in [-0.2, -0.15) is 0 Å². The number of benzene rings is 1. The molecule has 0 bridgehead atoms. The van der Waals surface area contributed by atoms with Crippen LogP contribution in [-0.4, -0.2) is 41.7 Å². The van der Waals surface area contributed by atoms with Gasteiger partial charge in [0.25, 0.3) is 0 Å². The third kappa shape index (κ3) is 5.33. The van der Waals surface area contributed by atoms with E-state index >= 15 is 0 Å². The summed E-state index contributed by atoms with van der Waals surface area (Å²) in [5.41, 5.74) is 0.948. The number of piperidine rings is 1. The third-order valence-corrected chi connectivity index (χ3v) is 5.30. The molecule has 0 spiro atoms. The van der Waals surface area contributed by atoms with Crippen molar-refractivity contribution in [2.24, 2.45) is 5.92 Å². The maximum absolute atomic E-state index is 12.3. The van der Waals surface area contributed by atoms with E-state index in [4.69, 9.17) is 4.74 Å². The summed E-state index contributed by atoms with van der Waals surface area (Å²) in [7, 11) is 0. The molecule has 0 radical (unpaired) electrons. The molecule has 1 saturated carbocycles. The van der Waals surface area contributed by atoms with Gasteiger partial charge in [-0.3, -0.25) is 4.79 Å². The van der Waals surface area contributed by atoms with Gasteiger partial charge in [-0.1, -0.05) is 37.5 Å². The predicted molar refractivity (Wildman–Crippen MR) is 99.4 cm³/mol. The molecule has 1 aromatic carbocycles. The summed E-state index contributed by atoms with van der Waals surface area (Å²) >= 11 is 0. The van der Waals surface area contributed by atoms with Crippen LogP contribution in [-0.2, 0) is 4.79 Å². The molecular weight excluding hydrogens is 314 g/mol. The van der Waals surface area contributed by atoms with E-state index in [1.807, 2.05) is 30.3 Å². The summed E-state index contributed by atoms with van der Waals surface area (Å²) < 4.78 is 6.06. The van der Waals surface area contributed by atoms with Gasteiger partial charge in [0.05, 0.1) is 12.7 Å². The zero-order chi connectivity index (χ0) is 17.5. The molecule has 0 aromatic heterocycles. The highest BCUT2D eigenvalue weighted by atomic mass is 16.5. The maximum Gasteiger partial charge on any atom is 0.246 e. The first-order valence-electron chi connectivity index (χ1n) is 9.59. The molecule has 136 valence electrons. The average Bonchev–Trinajstić information content (AvgIpc) is 2.66. The Morgan fingerprint density at radius 2 is 1.84 bits per heavy atom. The molecule has 4 heteroatoms. The minimum atomic E-state index is -0.262. The highest BCUT2D eigenvalue weighted by Gasteiger charge is 2.19. The Morgan fingerprint density at radius 1 is 1.12 bits per heavy atom. The van der Waals surface area contributed by atoms with Crippen LogP contribution in [0, 0.1) is 5.92 Å². The summed E-state index contributed by atoms with van der Waals surface area (Å²) in [6, 6.07) is 7.90. The predicted octanol–water partition coefficient (Wildman–Crippen LogP) is 3.64. The van der Waals surface area contributed by atoms with Gasteiger partial charge < -0.3 is 14.7 Å². The molecule has 0 unspecified atom stereocenters. The molecule has 1 N–H and O–H groups in total. The smallest absolute Gasteiger partial charge is 0.246 e. The van der Waals surface area contributed by atoms with Crippen LogP contribution in [0.3, 0.4) is 0 Å². The number of rotatable bonds is 5. The number of hydrogen-bond donors (Lipinski definition) is 1. The number of hydrogen-bond acceptors (Lipinski definition) is 3. The molecule has 25 heavy (non-hydrogen) atoms. The zero-order valence-corrected chi connectivity index (χ0v) is 14.9. The van der Waals surface area contributed by atoms with Crippen LogP contribution in [0.2, 0.25) is 0 Å². The van der Waals surface area contributed by atoms with E-state index in [2.05, 4.69) is 0 Å². The number of aliphatic hydroxyl groups is 1. The second kappa shape index (κ2) is 9.04. The summed E-state index contributed by atoms with van der Waals surface area (Å²) in [5.74, 6) is 1.52. The Bertz CT molecular complexity index is 585. The Kier molecular flexibility index (Phi) is 6.51. The fourth-order valence-corrected chi connectivity index (χ4v) is 3.66. The van der Waals surface area contributed by atoms with Gasteiger partial charge in [-0.15, -0.1) is 0 Å². The van der Waals surface area contributed by atoms with E-state index in [-0.39, 0.29) is 12.0 Å². The second-order valence-corrected chi connectivity index (χ2v) is 7.24. The van der Waals surface area contributed by atoms with Crippen molar-refractivity contribution in [2.75, 3.05) is 19.7 Å². The molecule has 1 aliphatic heterocycles. The lowest BCUT2D eigenvalue weighted by molar-refractivity contribution is -0.127. The lowest BCUT2D eigenvalue weighted by Crippen LogP contribution is -2.39. The largest absolute Gasteiger partial charge is 0.493 e. The summed E-state index contributed by atoms with van der Waals surface area (Å²) in [6.07, 6.45) is 11.1. The molecule has 2 aliphatic rings. The molecule has 4 nitrogen and oxygen atoms in total. The van der Waals surface area contributed by atoms with E-state index in [1.165, 1.54) is 32.1 Å². The molecule has 0 atom stereocenters. The number of carbonyl (C=O) groups is 1. The Morgan fingerprint density at radius 3 is 2.60 bits per heavy atom. The topological polar surface area (TPSA) is 49.8 Å². The number of carbonyl (C=O) groups excluding carboxylic acids is 1. The van der Waals surface area contributed by atoms with Crippen LogP contribution in [0.25, 0.3) is 6.08 Å². The van der Waals surface area contributed by atoms with Gasteiger partial charge in [0.15, 0.2) is 0 Å². The first kappa shape index (κ1) is 18.0. The van der Waals surface area contributed by atoms with Crippen molar-refractivity contribution in [2.45, 2.75) is 51.0 Å². The number of likely N-dealkylation sites (tertiary alicyclic amines) is 1. The van der Waals surface area contributed by atoms with Crippen LogP contribution in [0.15, 0.2) is 30.3 Å². The fraction of sp³-hybridized carbons (Fsp3) is 0.571. The fourth-order valence-electron chi connectivity index (χ4n) is 3.66. The van der Waals surface area contributed by atoms with E-state index in [1.54, 1.807) is 11.0 Å². The van der Waals surface area contributed by atoms with E-state index in [9.17, 15) is 9.90 Å². The number of ether oxygens (including phenoxy) is 1. The average molecular weight is 343 g/mol. The van der Waals surface area contributed by atoms with Gasteiger partial charge in [-0.05, 0) is 43.7 Å². The Labute approximate surface area is 150 Å². The van der Waals surface area contributed by atoms with Crippen LogP contribution in [0.5, 0.6) is 5.75 Å². The molecule has 1 saturated heterocycles. The molecule has 3 rings (SSSR count). The molecule has 1 heterocycles. The van der Waals surface area contributed by atoms with Gasteiger partial charge >= 0.3 is 0 Å². The van der Waals surface area contributed by atoms with Crippen LogP contribution in [0.1, 0.15) is 50.5 Å². The first-order chi connectivity index (χ1) is 12.2. The normalized spacial score (nSPS) is 20.1. The lowest BCUT2D eigenvalue weighted by Gasteiger charge is -2.28. The lowest BCUT2D eigenvalue weighted by atomic mass is 9.90. The van der Waals surface area contributed by atoms with Crippen molar-refractivity contribution in [3.63, 3.8) is 0 Å². The molecular formula is C21H29NO3. The van der Waals surface area contributed by atoms with Crippen molar-refractivity contribution in [1.29, 1.82) is 0 Å². The van der Waals surface area contributed by atoms with Crippen molar-refractivity contribution in [3.05, 3.63) is 35.9 Å². The standard InChI is InChI=1S/C21H29NO3/c23-19-12-14-22(15-13-19)21(24)11-10-18-8-4-5-9-20(18)25-16-17-6-2-1-3-7-17/h4-5,8-11,17,19,23H,1-3,6-7,12-16H2. The van der Waals surface area contributed by atoms with E-state index in [0.717, 1.165) is 17.9 Å². The SMILES string of the molecule is O=C(C=Cc1ccccc1OCC1CCCCC1)N1CCC(O)CC1. The van der Waals surface area contributed by atoms with Gasteiger partial charge in [0, 0.05) is 24.7 Å². The Hall–Kier alpha value is -1.81. The number of nitrogens with zero attached hydrogens (tertiary/aromatic N) is 1. The van der Waals surface area contributed by atoms with E-state index < -0.39 is 0 Å². The van der Waals surface area contributed by atoms with Crippen LogP contribution in [0.4, 0.5) is 0 Å². The highest BCUT2D eigenvalue weighted by Crippen LogP contribution is 2.26. The minimum Gasteiger partial charge on any atom is -0.493 e. The van der Waals surface area contributed by atoms with Crippen LogP contribution >= 0.6 is 0 Å². The monoisotopic (exact) mass is 343 g/mol. The number of aliphatic hydroxyl groups excluding tert-OH is 1. The van der Waals surface area contributed by atoms with Crippen LogP contribution < -0.4 is 4.74 Å². The quantitative estimate of drug-likeness (QED) is 0.831. The summed E-state index contributed by atoms with van der Waals surface area (Å²) in [5, 5.41) is 9.55. The number of amides is 1. The Balaban J connectivity index is 1.57. The van der Waals surface area contributed by atoms with Crippen molar-refractivity contribution >= 4 is 12.0 Å². The van der Waals surface area contributed by atoms with E-state index in [0.29, 0.717) is 31.8 Å². The maximum atomic E-state index is 12.3. The highest BCUT2D eigenvalue weighted by molar-refractivity contribution is 5.92. The van der Waals surface area contributed by atoms with Crippen molar-refractivity contribution in [1.82, 2.24) is 4.90 Å². The van der Waals surface area contributed by atoms with Gasteiger partial charge in [0.2, 0.25) is 5.91 Å². The van der Waals surface area contributed by atoms with Gasteiger partial charge in [-0.25, -0.2) is 0 Å². The number of para-hydroxylation sites is 1. The summed E-state index contributed by atoms with van der Waals surface area (Å²) in [6.45, 7) is 2.02. The third-order valence-electron chi connectivity index (χ3n) is 5.30. The van der Waals surface area contributed by atoms with Crippen molar-refractivity contribution in [3.8, 4) is 5.75 Å². The molecule has 2 fully saturated rings. The summed E-state index contributed by atoms with van der Waals surface area (Å²) in [4.78, 5) is 14.1. The van der Waals surface area contributed by atoms with Gasteiger partial charge in [0.1, 0.15) is 5.75 Å². The second-order valence-electron chi connectivity index (χ2n) is 7.24. The molecule has 1 amide bonds. The van der Waals surface area contributed by atoms with Crippen molar-refractivity contribution < 1.29 is 14.6 Å². The first-order valence-corrected chi connectivity index (χ1v) is 9.59. The molecule has 1 aromatic rings. The minimum absolute atomic E-state index is 0.00832. The molecule has 1 aliphatic carbocycles. The zero-order valence-electron chi connectivity index (χ0n) is 14.9.